The number of benzene rings is 2. The molecule has 1 N–H and O–H groups in total. The first kappa shape index (κ1) is 22.5. The van der Waals surface area contributed by atoms with E-state index in [1.54, 1.807) is 6.92 Å². The topological polar surface area (TPSA) is 58.6 Å². The average Bonchev–Trinajstić information content (AvgIpc) is 2.64. The van der Waals surface area contributed by atoms with E-state index in [2.05, 4.69) is 5.32 Å². The lowest BCUT2D eigenvalue weighted by Gasteiger charge is -2.24. The molecule has 2 rings (SSSR count). The van der Waals surface area contributed by atoms with Crippen LogP contribution in [0, 0.1) is 5.92 Å². The van der Waals surface area contributed by atoms with Crippen molar-refractivity contribution >= 4 is 52.4 Å². The summed E-state index contributed by atoms with van der Waals surface area (Å²) in [5.41, 5.74) is 1.33. The number of halogens is 3. The lowest BCUT2D eigenvalue weighted by atomic mass is 10.1. The number of esters is 1. The van der Waals surface area contributed by atoms with Gasteiger partial charge in [0.2, 0.25) is 5.91 Å². The Hall–Kier alpha value is -1.79. The second kappa shape index (κ2) is 10.7. The highest BCUT2D eigenvalue weighted by atomic mass is 35.5. The number of nitrogens with zero attached hydrogens (tertiary/aromatic N) is 1. The molecule has 2 aromatic carbocycles. The molecule has 2 aromatic rings. The van der Waals surface area contributed by atoms with Crippen molar-refractivity contribution in [2.24, 2.45) is 5.92 Å². The molecule has 1 unspecified atom stereocenters. The fourth-order valence-corrected chi connectivity index (χ4v) is 3.64. The van der Waals surface area contributed by atoms with Crippen molar-refractivity contribution in [2.45, 2.75) is 13.5 Å². The van der Waals surface area contributed by atoms with E-state index in [9.17, 15) is 9.59 Å². The molecule has 0 aromatic heterocycles. The smallest absolute Gasteiger partial charge is 0.309 e. The number of nitrogens with one attached hydrogen (secondary N) is 1. The third kappa shape index (κ3) is 6.67. The van der Waals surface area contributed by atoms with Crippen LogP contribution in [-0.4, -0.2) is 37.0 Å². The Morgan fingerprint density at radius 3 is 2.29 bits per heavy atom. The minimum absolute atomic E-state index is 0.0471. The van der Waals surface area contributed by atoms with Crippen molar-refractivity contribution in [2.75, 3.05) is 25.5 Å². The zero-order valence-electron chi connectivity index (χ0n) is 15.5. The minimum atomic E-state index is -0.385. The second-order valence-electron chi connectivity index (χ2n) is 6.37. The molecule has 0 radical (unpaired) electrons. The third-order valence-electron chi connectivity index (χ3n) is 4.02. The summed E-state index contributed by atoms with van der Waals surface area (Å²) in [7, 11) is 1.34. The Kier molecular flexibility index (Phi) is 8.58. The first-order valence-corrected chi connectivity index (χ1v) is 9.72. The number of carbonyl (C=O) groups is 2. The molecule has 28 heavy (non-hydrogen) atoms. The monoisotopic (exact) mass is 442 g/mol. The molecule has 0 spiro atoms. The Labute approximate surface area is 179 Å². The van der Waals surface area contributed by atoms with Crippen molar-refractivity contribution in [1.82, 2.24) is 4.90 Å². The summed E-state index contributed by atoms with van der Waals surface area (Å²) in [5.74, 6) is -1.02. The van der Waals surface area contributed by atoms with Crippen LogP contribution in [0.25, 0.3) is 0 Å². The maximum atomic E-state index is 12.6. The number of methoxy groups -OCH3 is 1. The fourth-order valence-electron chi connectivity index (χ4n) is 2.73. The Morgan fingerprint density at radius 2 is 1.71 bits per heavy atom. The van der Waals surface area contributed by atoms with E-state index >= 15 is 0 Å². The van der Waals surface area contributed by atoms with E-state index in [-0.39, 0.29) is 34.4 Å². The first-order chi connectivity index (χ1) is 13.3. The highest BCUT2D eigenvalue weighted by Gasteiger charge is 2.21. The van der Waals surface area contributed by atoms with Crippen molar-refractivity contribution in [3.8, 4) is 0 Å². The number of anilines is 1. The van der Waals surface area contributed by atoms with Gasteiger partial charge in [-0.3, -0.25) is 14.5 Å². The van der Waals surface area contributed by atoms with Gasteiger partial charge in [0.25, 0.3) is 0 Å². The zero-order chi connectivity index (χ0) is 20.7. The predicted octanol–water partition coefficient (Wildman–Crippen LogP) is 4.90. The van der Waals surface area contributed by atoms with E-state index in [1.165, 1.54) is 19.2 Å². The fraction of sp³-hybridized carbons (Fsp3) is 0.300. The van der Waals surface area contributed by atoms with Gasteiger partial charge in [0, 0.05) is 18.1 Å². The number of hydrogen-bond donors (Lipinski definition) is 1. The van der Waals surface area contributed by atoms with Gasteiger partial charge in [-0.2, -0.15) is 0 Å². The molecule has 150 valence electrons. The van der Waals surface area contributed by atoms with E-state index in [0.717, 1.165) is 5.56 Å². The molecule has 0 saturated heterocycles. The molecule has 0 bridgehead atoms. The third-order valence-corrected chi connectivity index (χ3v) is 4.84. The first-order valence-electron chi connectivity index (χ1n) is 8.58. The molecule has 0 aliphatic carbocycles. The summed E-state index contributed by atoms with van der Waals surface area (Å²) in [6.07, 6.45) is 0. The molecule has 1 atom stereocenters. The molecule has 8 heteroatoms. The molecule has 1 amide bonds. The summed E-state index contributed by atoms with van der Waals surface area (Å²) in [6, 6.07) is 12.7. The molecule has 0 heterocycles. The lowest BCUT2D eigenvalue weighted by molar-refractivity contribution is -0.145. The van der Waals surface area contributed by atoms with Gasteiger partial charge in [-0.25, -0.2) is 0 Å². The van der Waals surface area contributed by atoms with Crippen LogP contribution in [0.2, 0.25) is 15.1 Å². The van der Waals surface area contributed by atoms with Crippen molar-refractivity contribution in [3.63, 3.8) is 0 Å². The molecule has 0 aliphatic heterocycles. The molecule has 0 aliphatic rings. The summed E-state index contributed by atoms with van der Waals surface area (Å²) in [6.45, 7) is 2.66. The Balaban J connectivity index is 2.12. The Bertz CT molecular complexity index is 808. The Morgan fingerprint density at radius 1 is 1.11 bits per heavy atom. The molecule has 0 fully saturated rings. The second-order valence-corrected chi connectivity index (χ2v) is 7.62. The predicted molar refractivity (Wildman–Crippen MR) is 113 cm³/mol. The molecular weight excluding hydrogens is 423 g/mol. The van der Waals surface area contributed by atoms with Crippen LogP contribution in [0.3, 0.4) is 0 Å². The van der Waals surface area contributed by atoms with Crippen LogP contribution >= 0.6 is 34.8 Å². The minimum Gasteiger partial charge on any atom is -0.469 e. The summed E-state index contributed by atoms with van der Waals surface area (Å²) in [4.78, 5) is 26.3. The summed E-state index contributed by atoms with van der Waals surface area (Å²) < 4.78 is 4.79. The van der Waals surface area contributed by atoms with E-state index in [1.807, 2.05) is 35.2 Å². The van der Waals surface area contributed by atoms with Gasteiger partial charge in [-0.15, -0.1) is 0 Å². The lowest BCUT2D eigenvalue weighted by Crippen LogP contribution is -2.37. The SMILES string of the molecule is COC(=O)C(C)CN(CC(=O)Nc1c(Cl)cc(Cl)cc1Cl)Cc1ccccc1. The van der Waals surface area contributed by atoms with Crippen LogP contribution in [-0.2, 0) is 20.9 Å². The van der Waals surface area contributed by atoms with Crippen molar-refractivity contribution < 1.29 is 14.3 Å². The van der Waals surface area contributed by atoms with E-state index in [4.69, 9.17) is 39.5 Å². The van der Waals surface area contributed by atoms with Crippen LogP contribution in [0.5, 0.6) is 0 Å². The summed E-state index contributed by atoms with van der Waals surface area (Å²) >= 11 is 18.2. The van der Waals surface area contributed by atoms with Gasteiger partial charge in [-0.05, 0) is 17.7 Å². The van der Waals surface area contributed by atoms with Crippen LogP contribution in [0.15, 0.2) is 42.5 Å². The number of hydrogen-bond acceptors (Lipinski definition) is 4. The van der Waals surface area contributed by atoms with Gasteiger partial charge in [0.1, 0.15) is 0 Å². The average molecular weight is 444 g/mol. The summed E-state index contributed by atoms with van der Waals surface area (Å²) in [5, 5.41) is 3.61. The van der Waals surface area contributed by atoms with Gasteiger partial charge in [-0.1, -0.05) is 72.1 Å². The van der Waals surface area contributed by atoms with E-state index in [0.29, 0.717) is 23.8 Å². The quantitative estimate of drug-likeness (QED) is 0.590. The highest BCUT2D eigenvalue weighted by Crippen LogP contribution is 2.33. The number of ether oxygens (including phenoxy) is 1. The number of rotatable bonds is 8. The van der Waals surface area contributed by atoms with Crippen LogP contribution < -0.4 is 5.32 Å². The zero-order valence-corrected chi connectivity index (χ0v) is 17.8. The van der Waals surface area contributed by atoms with Gasteiger partial charge in [0.05, 0.1) is 35.3 Å². The van der Waals surface area contributed by atoms with Gasteiger partial charge in [0.15, 0.2) is 0 Å². The van der Waals surface area contributed by atoms with Crippen molar-refractivity contribution in [1.29, 1.82) is 0 Å². The highest BCUT2D eigenvalue weighted by molar-refractivity contribution is 6.42. The maximum Gasteiger partial charge on any atom is 0.309 e. The number of carbonyl (C=O) groups excluding carboxylic acids is 2. The molecular formula is C20H21Cl3N2O3. The van der Waals surface area contributed by atoms with E-state index < -0.39 is 0 Å². The van der Waals surface area contributed by atoms with Crippen LogP contribution in [0.1, 0.15) is 12.5 Å². The normalized spacial score (nSPS) is 11.9. The molecule has 5 nitrogen and oxygen atoms in total. The number of amides is 1. The maximum absolute atomic E-state index is 12.6. The van der Waals surface area contributed by atoms with Crippen molar-refractivity contribution in [3.05, 3.63) is 63.1 Å². The van der Waals surface area contributed by atoms with Gasteiger partial charge >= 0.3 is 5.97 Å². The standard InChI is InChI=1S/C20H21Cl3N2O3/c1-13(20(27)28-2)10-25(11-14-6-4-3-5-7-14)12-18(26)24-19-16(22)8-15(21)9-17(19)23/h3-9,13H,10-12H2,1-2H3,(H,24,26). The van der Waals surface area contributed by atoms with Gasteiger partial charge < -0.3 is 10.1 Å². The molecule has 0 saturated carbocycles. The largest absolute Gasteiger partial charge is 0.469 e. The van der Waals surface area contributed by atoms with Crippen LogP contribution in [0.4, 0.5) is 5.69 Å².